The monoisotopic (exact) mass is 182 g/mol. The van der Waals surface area contributed by atoms with Gasteiger partial charge >= 0.3 is 6.18 Å². The van der Waals surface area contributed by atoms with E-state index >= 15 is 0 Å². The predicted molar refractivity (Wildman–Crippen MR) is 35.5 cm³/mol. The topological polar surface area (TPSA) is 12.0 Å². The minimum Gasteiger partial charge on any atom is -0.356 e. The molecule has 0 aromatic rings. The lowest BCUT2D eigenvalue weighted by molar-refractivity contribution is -0.0961. The van der Waals surface area contributed by atoms with Crippen molar-refractivity contribution in [3.8, 4) is 0 Å². The number of halogens is 4. The summed E-state index contributed by atoms with van der Waals surface area (Å²) in [7, 11) is 0. The molecule has 0 spiro atoms. The Morgan fingerprint density at radius 1 is 1.36 bits per heavy atom. The third-order valence-electron chi connectivity index (χ3n) is 1.06. The maximum atomic E-state index is 11.9. The van der Waals surface area contributed by atoms with Crippen LogP contribution in [0, 0.1) is 5.50 Å². The highest BCUT2D eigenvalue weighted by Crippen LogP contribution is 2.27. The van der Waals surface area contributed by atoms with E-state index in [-0.39, 0.29) is 5.50 Å². The van der Waals surface area contributed by atoms with Gasteiger partial charge in [-0.05, 0) is 12.2 Å². The molecule has 0 saturated heterocycles. The van der Waals surface area contributed by atoms with Crippen molar-refractivity contribution in [2.45, 2.75) is 6.18 Å². The summed E-state index contributed by atoms with van der Waals surface area (Å²) >= 11 is 5.30. The van der Waals surface area contributed by atoms with Crippen molar-refractivity contribution < 1.29 is 13.2 Å². The van der Waals surface area contributed by atoms with Crippen molar-refractivity contribution in [3.63, 3.8) is 0 Å². The Labute approximate surface area is 66.5 Å². The van der Waals surface area contributed by atoms with Crippen molar-refractivity contribution in [2.75, 3.05) is 0 Å². The number of hydrogen-bond donors (Lipinski definition) is 1. The highest BCUT2D eigenvalue weighted by atomic mass is 35.5. The first-order valence-corrected chi connectivity index (χ1v) is 3.13. The summed E-state index contributed by atoms with van der Waals surface area (Å²) in [6.45, 7) is 0. The lowest BCUT2D eigenvalue weighted by atomic mass is 10.3. The van der Waals surface area contributed by atoms with Crippen molar-refractivity contribution in [3.05, 3.63) is 29.4 Å². The van der Waals surface area contributed by atoms with Gasteiger partial charge in [-0.25, -0.2) is 0 Å². The average Bonchev–Trinajstić information content (AvgIpc) is 1.86. The molecule has 1 aliphatic heterocycles. The van der Waals surface area contributed by atoms with Gasteiger partial charge in [0.05, 0.1) is 0 Å². The summed E-state index contributed by atoms with van der Waals surface area (Å²) in [5, 5.41) is 1.99. The fourth-order valence-corrected chi connectivity index (χ4v) is 0.781. The van der Waals surface area contributed by atoms with Crippen LogP contribution in [0.15, 0.2) is 23.9 Å². The number of hydrogen-bond acceptors (Lipinski definition) is 1. The molecule has 0 atom stereocenters. The van der Waals surface area contributed by atoms with E-state index in [2.05, 4.69) is 0 Å². The molecule has 1 heterocycles. The molecular formula is C6H4ClF3N. The molecule has 1 N–H and O–H groups in total. The third kappa shape index (κ3) is 2.15. The van der Waals surface area contributed by atoms with Gasteiger partial charge < -0.3 is 5.32 Å². The van der Waals surface area contributed by atoms with E-state index < -0.39 is 11.9 Å². The maximum Gasteiger partial charge on any atom is 0.430 e. The molecule has 0 aromatic heterocycles. The minimum atomic E-state index is -4.36. The summed E-state index contributed by atoms with van der Waals surface area (Å²) in [6, 6.07) is 0. The maximum absolute atomic E-state index is 11.9. The number of allylic oxidation sites excluding steroid dienone is 3. The quantitative estimate of drug-likeness (QED) is 0.567. The van der Waals surface area contributed by atoms with Gasteiger partial charge in [0, 0.05) is 0 Å². The second-order valence-corrected chi connectivity index (χ2v) is 2.32. The fraction of sp³-hybridized carbons (Fsp3) is 0.167. The SMILES string of the molecule is FC(F)(F)C1=CC=C[C](Cl)N1. The zero-order chi connectivity index (χ0) is 8.48. The van der Waals surface area contributed by atoms with Crippen LogP contribution < -0.4 is 5.32 Å². The number of rotatable bonds is 0. The first kappa shape index (κ1) is 8.46. The molecule has 11 heavy (non-hydrogen) atoms. The van der Waals surface area contributed by atoms with Crippen molar-refractivity contribution >= 4 is 11.6 Å². The van der Waals surface area contributed by atoms with Gasteiger partial charge in [-0.15, -0.1) is 0 Å². The zero-order valence-corrected chi connectivity index (χ0v) is 6.00. The van der Waals surface area contributed by atoms with Crippen molar-refractivity contribution in [1.82, 2.24) is 5.32 Å². The normalized spacial score (nSPS) is 19.5. The molecule has 0 unspecified atom stereocenters. The molecule has 61 valence electrons. The summed E-state index contributed by atoms with van der Waals surface area (Å²) < 4.78 is 35.6. The molecule has 5 heteroatoms. The second kappa shape index (κ2) is 2.77. The Bertz CT molecular complexity index is 206. The molecular weight excluding hydrogens is 179 g/mol. The first-order chi connectivity index (χ1) is 5.00. The largest absolute Gasteiger partial charge is 0.430 e. The second-order valence-electron chi connectivity index (χ2n) is 1.91. The van der Waals surface area contributed by atoms with Crippen LogP contribution in [0.2, 0.25) is 0 Å². The highest BCUT2D eigenvalue weighted by Gasteiger charge is 2.35. The lowest BCUT2D eigenvalue weighted by Gasteiger charge is -2.17. The van der Waals surface area contributed by atoms with Crippen LogP contribution in [0.1, 0.15) is 0 Å². The number of dihydropyridines is 1. The molecule has 0 bridgehead atoms. The van der Waals surface area contributed by atoms with Crippen LogP contribution in [-0.4, -0.2) is 6.18 Å². The van der Waals surface area contributed by atoms with E-state index in [0.29, 0.717) is 0 Å². The van der Waals surface area contributed by atoms with Gasteiger partial charge in [0.1, 0.15) is 5.70 Å². The molecule has 1 radical (unpaired) electrons. The Balaban J connectivity index is 2.75. The fourth-order valence-electron chi connectivity index (χ4n) is 0.606. The number of alkyl halides is 3. The Kier molecular flexibility index (Phi) is 2.13. The van der Waals surface area contributed by atoms with Gasteiger partial charge in [-0.2, -0.15) is 13.2 Å². The summed E-state index contributed by atoms with van der Waals surface area (Å²) in [5.41, 5.74) is -0.871. The van der Waals surface area contributed by atoms with Crippen LogP contribution in [0.5, 0.6) is 0 Å². The van der Waals surface area contributed by atoms with Gasteiger partial charge in [0.15, 0.2) is 5.50 Å². The van der Waals surface area contributed by atoms with Crippen molar-refractivity contribution in [2.24, 2.45) is 0 Å². The molecule has 0 aliphatic carbocycles. The van der Waals surface area contributed by atoms with E-state index in [1.54, 1.807) is 0 Å². The highest BCUT2D eigenvalue weighted by molar-refractivity contribution is 6.28. The minimum absolute atomic E-state index is 0.0279. The van der Waals surface area contributed by atoms with Gasteiger partial charge in [-0.3, -0.25) is 0 Å². The van der Waals surface area contributed by atoms with E-state index in [0.717, 1.165) is 6.08 Å². The Morgan fingerprint density at radius 3 is 2.36 bits per heavy atom. The molecule has 1 rings (SSSR count). The average molecular weight is 183 g/mol. The van der Waals surface area contributed by atoms with Gasteiger partial charge in [0.25, 0.3) is 0 Å². The van der Waals surface area contributed by atoms with Crippen LogP contribution in [-0.2, 0) is 0 Å². The molecule has 0 amide bonds. The predicted octanol–water partition coefficient (Wildman–Crippen LogP) is 2.32. The summed E-state index contributed by atoms with van der Waals surface area (Å²) in [4.78, 5) is 0. The number of nitrogens with one attached hydrogen (secondary N) is 1. The van der Waals surface area contributed by atoms with Crippen LogP contribution in [0.3, 0.4) is 0 Å². The summed E-state index contributed by atoms with van der Waals surface area (Å²) in [5.74, 6) is 0. The van der Waals surface area contributed by atoms with E-state index in [1.807, 2.05) is 5.32 Å². The van der Waals surface area contributed by atoms with Gasteiger partial charge in [0.2, 0.25) is 0 Å². The first-order valence-electron chi connectivity index (χ1n) is 2.75. The molecule has 0 saturated carbocycles. The lowest BCUT2D eigenvalue weighted by Crippen LogP contribution is -2.28. The Hall–Kier alpha value is -0.640. The van der Waals surface area contributed by atoms with E-state index in [4.69, 9.17) is 11.6 Å². The van der Waals surface area contributed by atoms with Crippen molar-refractivity contribution in [1.29, 1.82) is 0 Å². The standard InChI is InChI=1S/C6H4ClF3N/c7-5-3-1-2-4(11-5)6(8,9)10/h1-3,11H. The molecule has 0 fully saturated rings. The van der Waals surface area contributed by atoms with Crippen LogP contribution in [0.25, 0.3) is 0 Å². The van der Waals surface area contributed by atoms with Gasteiger partial charge in [-0.1, -0.05) is 17.7 Å². The zero-order valence-electron chi connectivity index (χ0n) is 5.24. The molecule has 1 nitrogen and oxygen atoms in total. The van der Waals surface area contributed by atoms with Crippen LogP contribution in [0.4, 0.5) is 13.2 Å². The molecule has 0 aromatic carbocycles. The molecule has 1 aliphatic rings. The van der Waals surface area contributed by atoms with E-state index in [1.165, 1.54) is 12.2 Å². The Morgan fingerprint density at radius 2 is 2.00 bits per heavy atom. The smallest absolute Gasteiger partial charge is 0.356 e. The van der Waals surface area contributed by atoms with E-state index in [9.17, 15) is 13.2 Å². The summed E-state index contributed by atoms with van der Waals surface area (Å²) in [6.07, 6.45) is -0.852. The third-order valence-corrected chi connectivity index (χ3v) is 1.29. The van der Waals surface area contributed by atoms with Crippen LogP contribution >= 0.6 is 11.6 Å².